The van der Waals surface area contributed by atoms with Crippen LogP contribution in [0.25, 0.3) is 42.9 Å². The largest absolute Gasteiger partial charge is 0.480 e. The van der Waals surface area contributed by atoms with E-state index in [1.807, 2.05) is 0 Å². The van der Waals surface area contributed by atoms with E-state index in [0.717, 1.165) is 133 Å². The van der Waals surface area contributed by atoms with Crippen LogP contribution in [0.15, 0.2) is 35.5 Å². The van der Waals surface area contributed by atoms with Gasteiger partial charge in [-0.1, -0.05) is 0 Å². The monoisotopic (exact) mass is 958 g/mol. The number of nitrogens with zero attached hydrogens (tertiary/aromatic N) is 13. The van der Waals surface area contributed by atoms with Crippen molar-refractivity contribution in [3.8, 4) is 22.5 Å². The molecule has 10 heterocycles. The van der Waals surface area contributed by atoms with Gasteiger partial charge in [0.25, 0.3) is 0 Å². The Morgan fingerprint density at radius 2 is 1.03 bits per heavy atom. The summed E-state index contributed by atoms with van der Waals surface area (Å²) in [6, 6.07) is 0. The fraction of sp³-hybridized carbons (Fsp3) is 0.476. The first-order chi connectivity index (χ1) is 32.7. The molecule has 0 spiro atoms. The first-order valence-electron chi connectivity index (χ1n) is 21.9. The summed E-state index contributed by atoms with van der Waals surface area (Å²) in [6.07, 6.45) is 6.87. The van der Waals surface area contributed by atoms with E-state index in [-0.39, 0.29) is 17.8 Å². The number of piperazine rings is 2. The van der Waals surface area contributed by atoms with Gasteiger partial charge in [0.2, 0.25) is 29.7 Å². The lowest BCUT2D eigenvalue weighted by atomic mass is 10.1. The van der Waals surface area contributed by atoms with Crippen LogP contribution in [0, 0.1) is 0 Å². The number of carbonyl (C=O) groups is 2. The summed E-state index contributed by atoms with van der Waals surface area (Å²) in [5, 5.41) is 31.9. The van der Waals surface area contributed by atoms with Gasteiger partial charge in [0.15, 0.2) is 0 Å². The topological polar surface area (TPSA) is 297 Å². The number of rotatable bonds is 10. The summed E-state index contributed by atoms with van der Waals surface area (Å²) < 4.78 is 13.1. The number of aliphatic hydroxyl groups is 2. The van der Waals surface area contributed by atoms with Crippen molar-refractivity contribution in [3.63, 3.8) is 0 Å². The number of nitrogens with one attached hydrogen (secondary N) is 1. The molecule has 8 N–H and O–H groups in total. The highest BCUT2D eigenvalue weighted by atomic mass is 32.1. The molecule has 67 heavy (non-hydrogen) atoms. The molecule has 6 aromatic rings. The molecule has 0 atom stereocenters. The zero-order chi connectivity index (χ0) is 46.7. The van der Waals surface area contributed by atoms with Crippen molar-refractivity contribution < 1.29 is 34.4 Å². The van der Waals surface area contributed by atoms with Crippen LogP contribution in [0.5, 0.6) is 0 Å². The number of carbonyl (C=O) groups excluding carboxylic acids is 1. The molecule has 4 fully saturated rings. The molecular weight excluding hydrogens is 905 g/mol. The number of fused-ring (bicyclic) bond motifs is 2. The fourth-order valence-electron chi connectivity index (χ4n) is 7.86. The molecule has 10 rings (SSSR count). The fourth-order valence-corrected chi connectivity index (χ4v) is 9.88. The van der Waals surface area contributed by atoms with Gasteiger partial charge in [-0.05, 0) is 10.8 Å². The van der Waals surface area contributed by atoms with Gasteiger partial charge in [-0.2, -0.15) is 0 Å². The second-order valence-corrected chi connectivity index (χ2v) is 17.6. The summed E-state index contributed by atoms with van der Waals surface area (Å²) in [5.74, 6) is 0.503. The van der Waals surface area contributed by atoms with Crippen molar-refractivity contribution in [1.82, 2.24) is 59.9 Å². The van der Waals surface area contributed by atoms with Gasteiger partial charge in [-0.15, -0.1) is 22.7 Å². The summed E-state index contributed by atoms with van der Waals surface area (Å²) in [5.41, 5.74) is 19.0. The Morgan fingerprint density at radius 1 is 0.612 bits per heavy atom. The Bertz CT molecular complexity index is 2580. The number of anilines is 4. The average Bonchev–Trinajstić information content (AvgIpc) is 3.98. The first kappa shape index (κ1) is 47.6. The van der Waals surface area contributed by atoms with Crippen molar-refractivity contribution in [2.45, 2.75) is 13.1 Å². The number of amides is 1. The molecule has 0 bridgehead atoms. The van der Waals surface area contributed by atoms with Gasteiger partial charge in [0.1, 0.15) is 13.2 Å². The molecule has 1 amide bonds. The minimum Gasteiger partial charge on any atom is -0.480 e. The number of thiophene rings is 2. The minimum absolute atomic E-state index is 0.214. The highest BCUT2D eigenvalue weighted by molar-refractivity contribution is 7.18. The van der Waals surface area contributed by atoms with E-state index in [9.17, 15) is 4.79 Å². The van der Waals surface area contributed by atoms with Gasteiger partial charge in [0.05, 0.1) is 58.2 Å². The standard InChI is InChI=1S/C21H26N8O3S.C19H24N8OS.C2H4O3/c22-20-23-9-14(10-24-20)17-19-18(26-21(25-17)29-5-7-32-8-6-29)15(13-33-19)11-27-1-3-28(4-2-27)16(31)12-30;20-18-22-9-13(10-23-18)15-17-16(25-19(24-15)27-5-7-28-8-6-27)14(12-29-17)11-26-3-1-21-2-4-26;3-1-2(4)5/h9-10,13,30H,1-8,11-12H2,(H2,22,23,24);9-10,12,21H,1-8,11H2,(H2,20,22,23);3H,1H2,(H,4,5). The molecule has 0 unspecified atom stereocenters. The van der Waals surface area contributed by atoms with E-state index < -0.39 is 19.2 Å². The molecule has 23 nitrogen and oxygen atoms in total. The maximum atomic E-state index is 11.8. The molecule has 0 aromatic carbocycles. The molecule has 4 saturated heterocycles. The van der Waals surface area contributed by atoms with E-state index in [1.54, 1.807) is 52.4 Å². The Kier molecular flexibility index (Phi) is 16.1. The lowest BCUT2D eigenvalue weighted by Gasteiger charge is -2.34. The molecular formula is C42H54N16O7S2. The van der Waals surface area contributed by atoms with Crippen molar-refractivity contribution in [3.05, 3.63) is 46.7 Å². The third kappa shape index (κ3) is 12.0. The summed E-state index contributed by atoms with van der Waals surface area (Å²) in [4.78, 5) is 68.1. The van der Waals surface area contributed by atoms with Crippen molar-refractivity contribution in [2.24, 2.45) is 0 Å². The molecule has 6 aromatic heterocycles. The lowest BCUT2D eigenvalue weighted by molar-refractivity contribution is -0.140. The predicted octanol–water partition coefficient (Wildman–Crippen LogP) is 0.239. The number of hydrogen-bond donors (Lipinski definition) is 6. The minimum atomic E-state index is -1.19. The number of nitrogens with two attached hydrogens (primary N) is 2. The normalized spacial score (nSPS) is 17.2. The third-order valence-electron chi connectivity index (χ3n) is 11.4. The zero-order valence-corrected chi connectivity index (χ0v) is 38.5. The molecule has 0 aliphatic carbocycles. The van der Waals surface area contributed by atoms with Gasteiger partial charge in [0, 0.05) is 139 Å². The number of hydrogen-bond acceptors (Lipinski definition) is 23. The zero-order valence-electron chi connectivity index (χ0n) is 36.9. The number of ether oxygens (including phenoxy) is 2. The number of morpholine rings is 2. The number of carboxylic acid groups (broad SMARTS) is 1. The van der Waals surface area contributed by atoms with Gasteiger partial charge in [-0.3, -0.25) is 14.6 Å². The van der Waals surface area contributed by atoms with Crippen LogP contribution in [-0.2, 0) is 32.2 Å². The maximum absolute atomic E-state index is 11.8. The Labute approximate surface area is 393 Å². The first-order valence-corrected chi connectivity index (χ1v) is 23.7. The van der Waals surface area contributed by atoms with Crippen LogP contribution < -0.4 is 26.6 Å². The van der Waals surface area contributed by atoms with Gasteiger partial charge in [-0.25, -0.2) is 44.7 Å². The quantitative estimate of drug-likeness (QED) is 0.107. The summed E-state index contributed by atoms with van der Waals surface area (Å²) in [6.45, 7) is 13.1. The Hall–Kier alpha value is -5.90. The number of aliphatic carboxylic acids is 1. The lowest BCUT2D eigenvalue weighted by Crippen LogP contribution is -2.49. The van der Waals surface area contributed by atoms with E-state index in [1.165, 1.54) is 5.56 Å². The summed E-state index contributed by atoms with van der Waals surface area (Å²) in [7, 11) is 0. The van der Waals surface area contributed by atoms with E-state index in [0.29, 0.717) is 45.5 Å². The summed E-state index contributed by atoms with van der Waals surface area (Å²) >= 11 is 3.30. The average molecular weight is 959 g/mol. The molecule has 0 radical (unpaired) electrons. The predicted molar refractivity (Wildman–Crippen MR) is 254 cm³/mol. The Morgan fingerprint density at radius 3 is 1.43 bits per heavy atom. The smallest absolute Gasteiger partial charge is 0.329 e. The second-order valence-electron chi connectivity index (χ2n) is 15.9. The van der Waals surface area contributed by atoms with Crippen LogP contribution in [0.3, 0.4) is 0 Å². The highest BCUT2D eigenvalue weighted by Gasteiger charge is 2.25. The van der Waals surface area contributed by atoms with Crippen LogP contribution in [0.2, 0.25) is 0 Å². The molecule has 0 saturated carbocycles. The van der Waals surface area contributed by atoms with E-state index in [2.05, 4.69) is 55.6 Å². The highest BCUT2D eigenvalue weighted by Crippen LogP contribution is 2.37. The van der Waals surface area contributed by atoms with Crippen LogP contribution in [0.4, 0.5) is 23.8 Å². The van der Waals surface area contributed by atoms with Gasteiger partial charge < -0.3 is 56.3 Å². The van der Waals surface area contributed by atoms with Crippen LogP contribution in [-0.4, -0.2) is 200 Å². The molecule has 4 aliphatic rings. The van der Waals surface area contributed by atoms with Crippen molar-refractivity contribution in [2.75, 3.05) is 139 Å². The molecule has 4 aliphatic heterocycles. The van der Waals surface area contributed by atoms with E-state index in [4.69, 9.17) is 61.0 Å². The SMILES string of the molecule is Nc1ncc(-c2nc(N3CCOCC3)nc3c(CN4CCN(C(=O)CO)CC4)csc23)cn1.Nc1ncc(-c2nc(N3CCOCC3)nc3c(CN4CCNCC4)csc23)cn1.O=C(O)CO. The number of aliphatic hydroxyl groups excluding tert-OH is 2. The molecule has 25 heteroatoms. The number of aromatic nitrogens is 8. The molecule has 356 valence electrons. The third-order valence-corrected chi connectivity index (χ3v) is 13.5. The van der Waals surface area contributed by atoms with Crippen LogP contribution in [0.1, 0.15) is 11.1 Å². The maximum Gasteiger partial charge on any atom is 0.329 e. The van der Waals surface area contributed by atoms with Crippen molar-refractivity contribution in [1.29, 1.82) is 0 Å². The second kappa shape index (κ2) is 22.7. The van der Waals surface area contributed by atoms with E-state index >= 15 is 0 Å². The number of carboxylic acids is 1. The number of nitrogen functional groups attached to an aromatic ring is 2. The van der Waals surface area contributed by atoms with Crippen LogP contribution >= 0.6 is 22.7 Å². The van der Waals surface area contributed by atoms with Gasteiger partial charge >= 0.3 is 5.97 Å². The van der Waals surface area contributed by atoms with Crippen molar-refractivity contribution >= 4 is 78.8 Å². The Balaban J connectivity index is 0.000000166.